The lowest BCUT2D eigenvalue weighted by atomic mass is 10.2. The molecule has 1 aromatic heterocycles. The van der Waals surface area contributed by atoms with Gasteiger partial charge in [-0.05, 0) is 44.2 Å². The van der Waals surface area contributed by atoms with E-state index >= 15 is 0 Å². The first-order valence-electron chi connectivity index (χ1n) is 8.08. The number of anilines is 1. The molecule has 9 heteroatoms. The number of aryl methyl sites for hydroxylation is 1. The fourth-order valence-electron chi connectivity index (χ4n) is 2.44. The van der Waals surface area contributed by atoms with Crippen molar-refractivity contribution in [2.24, 2.45) is 5.14 Å². The standard InChI is InChI=1S/C18H18N4O3S2/c1-11(17(23)22-13-7-9-14(10-8-13)27(19,24)25)26-18-15-5-3-4-6-16(15)20-12(2)21-18/h3-11H,1-2H3,(H,22,23)(H2,19,24,25). The average Bonchev–Trinajstić information content (AvgIpc) is 2.61. The zero-order valence-corrected chi connectivity index (χ0v) is 16.3. The van der Waals surface area contributed by atoms with E-state index < -0.39 is 15.3 Å². The molecule has 0 fully saturated rings. The van der Waals surface area contributed by atoms with Crippen molar-refractivity contribution >= 4 is 44.3 Å². The van der Waals surface area contributed by atoms with Crippen LogP contribution in [0.4, 0.5) is 5.69 Å². The van der Waals surface area contributed by atoms with E-state index in [4.69, 9.17) is 5.14 Å². The summed E-state index contributed by atoms with van der Waals surface area (Å²) in [5, 5.41) is 9.05. The summed E-state index contributed by atoms with van der Waals surface area (Å²) in [6.45, 7) is 3.60. The van der Waals surface area contributed by atoms with Gasteiger partial charge in [0, 0.05) is 11.1 Å². The number of sulfonamides is 1. The van der Waals surface area contributed by atoms with Crippen molar-refractivity contribution in [1.82, 2.24) is 9.97 Å². The quantitative estimate of drug-likeness (QED) is 0.501. The molecule has 2 aromatic carbocycles. The number of fused-ring (bicyclic) bond motifs is 1. The van der Waals surface area contributed by atoms with Crippen LogP contribution in [0.3, 0.4) is 0 Å². The van der Waals surface area contributed by atoms with Crippen LogP contribution < -0.4 is 10.5 Å². The normalized spacial score (nSPS) is 12.7. The van der Waals surface area contributed by atoms with Gasteiger partial charge in [-0.15, -0.1) is 0 Å². The van der Waals surface area contributed by atoms with Gasteiger partial charge in [-0.3, -0.25) is 4.79 Å². The highest BCUT2D eigenvalue weighted by Gasteiger charge is 2.18. The second kappa shape index (κ2) is 7.63. The van der Waals surface area contributed by atoms with Crippen LogP contribution in [-0.4, -0.2) is 29.5 Å². The molecule has 0 aliphatic carbocycles. The number of para-hydroxylation sites is 1. The molecular formula is C18H18N4O3S2. The molecule has 27 heavy (non-hydrogen) atoms. The lowest BCUT2D eigenvalue weighted by Crippen LogP contribution is -2.22. The summed E-state index contributed by atoms with van der Waals surface area (Å²) < 4.78 is 22.6. The van der Waals surface area contributed by atoms with Gasteiger partial charge in [0.15, 0.2) is 0 Å². The molecule has 3 N–H and O–H groups in total. The Labute approximate surface area is 161 Å². The number of aromatic nitrogens is 2. The highest BCUT2D eigenvalue weighted by Crippen LogP contribution is 2.29. The number of thioether (sulfide) groups is 1. The molecule has 0 aliphatic rings. The minimum atomic E-state index is -3.76. The van der Waals surface area contributed by atoms with Gasteiger partial charge in [0.2, 0.25) is 15.9 Å². The van der Waals surface area contributed by atoms with Gasteiger partial charge < -0.3 is 5.32 Å². The number of amides is 1. The molecule has 0 spiro atoms. The molecule has 1 atom stereocenters. The SMILES string of the molecule is Cc1nc(SC(C)C(=O)Nc2ccc(S(N)(=O)=O)cc2)c2ccccc2n1. The Bertz CT molecular complexity index is 1100. The molecule has 0 saturated heterocycles. The van der Waals surface area contributed by atoms with Gasteiger partial charge in [0.25, 0.3) is 0 Å². The number of nitrogens with one attached hydrogen (secondary N) is 1. The van der Waals surface area contributed by atoms with Gasteiger partial charge in [-0.2, -0.15) is 0 Å². The van der Waals surface area contributed by atoms with Crippen LogP contribution in [0, 0.1) is 6.92 Å². The molecule has 3 aromatic rings. The van der Waals surface area contributed by atoms with E-state index in [1.165, 1.54) is 36.0 Å². The van der Waals surface area contributed by atoms with Crippen molar-refractivity contribution in [2.75, 3.05) is 5.32 Å². The van der Waals surface area contributed by atoms with E-state index in [-0.39, 0.29) is 10.8 Å². The van der Waals surface area contributed by atoms with Crippen molar-refractivity contribution in [3.05, 3.63) is 54.4 Å². The Kier molecular flexibility index (Phi) is 5.45. The number of carbonyl (C=O) groups excluding carboxylic acids is 1. The van der Waals surface area contributed by atoms with Crippen LogP contribution in [0.1, 0.15) is 12.7 Å². The first-order valence-corrected chi connectivity index (χ1v) is 10.5. The maximum atomic E-state index is 12.5. The first kappa shape index (κ1) is 19.3. The maximum absolute atomic E-state index is 12.5. The number of rotatable bonds is 5. The number of primary sulfonamides is 1. The molecule has 140 valence electrons. The zero-order chi connectivity index (χ0) is 19.6. The second-order valence-electron chi connectivity index (χ2n) is 5.91. The molecule has 1 unspecified atom stereocenters. The number of nitrogens with zero attached hydrogens (tertiary/aromatic N) is 2. The molecule has 1 amide bonds. The van der Waals surface area contributed by atoms with E-state index in [0.29, 0.717) is 11.5 Å². The van der Waals surface area contributed by atoms with Crippen LogP contribution in [0.2, 0.25) is 0 Å². The van der Waals surface area contributed by atoms with Crippen LogP contribution in [-0.2, 0) is 14.8 Å². The van der Waals surface area contributed by atoms with E-state index in [1.807, 2.05) is 31.2 Å². The van der Waals surface area contributed by atoms with Gasteiger partial charge in [-0.25, -0.2) is 23.5 Å². The molecule has 1 heterocycles. The van der Waals surface area contributed by atoms with Crippen LogP contribution in [0.15, 0.2) is 58.5 Å². The summed E-state index contributed by atoms with van der Waals surface area (Å²) in [6.07, 6.45) is 0. The summed E-state index contributed by atoms with van der Waals surface area (Å²) >= 11 is 1.34. The fraction of sp³-hybridized carbons (Fsp3) is 0.167. The third kappa shape index (κ3) is 4.62. The number of nitrogens with two attached hydrogens (primary N) is 1. The smallest absolute Gasteiger partial charge is 0.238 e. The third-order valence-corrected chi connectivity index (χ3v) is 5.82. The Morgan fingerprint density at radius 1 is 1.11 bits per heavy atom. The molecule has 0 saturated carbocycles. The summed E-state index contributed by atoms with van der Waals surface area (Å²) in [5.74, 6) is 0.422. The third-order valence-electron chi connectivity index (χ3n) is 3.79. The zero-order valence-electron chi connectivity index (χ0n) is 14.7. The molecule has 7 nitrogen and oxygen atoms in total. The molecule has 0 radical (unpaired) electrons. The van der Waals surface area contributed by atoms with Gasteiger partial charge in [-0.1, -0.05) is 30.0 Å². The Balaban J connectivity index is 1.75. The molecule has 0 bridgehead atoms. The van der Waals surface area contributed by atoms with Crippen LogP contribution in [0.5, 0.6) is 0 Å². The highest BCUT2D eigenvalue weighted by molar-refractivity contribution is 8.00. The first-order chi connectivity index (χ1) is 12.7. The number of hydrogen-bond acceptors (Lipinski definition) is 6. The monoisotopic (exact) mass is 402 g/mol. The summed E-state index contributed by atoms with van der Waals surface area (Å²) in [6, 6.07) is 13.3. The minimum absolute atomic E-state index is 0.00847. The Morgan fingerprint density at radius 2 is 1.78 bits per heavy atom. The van der Waals surface area contributed by atoms with Crippen molar-refractivity contribution in [3.63, 3.8) is 0 Å². The highest BCUT2D eigenvalue weighted by atomic mass is 32.2. The number of hydrogen-bond donors (Lipinski definition) is 2. The van der Waals surface area contributed by atoms with Crippen molar-refractivity contribution in [2.45, 2.75) is 29.0 Å². The summed E-state index contributed by atoms with van der Waals surface area (Å²) in [5.41, 5.74) is 1.32. The lowest BCUT2D eigenvalue weighted by Gasteiger charge is -2.13. The molecular weight excluding hydrogens is 384 g/mol. The van der Waals surface area contributed by atoms with E-state index in [2.05, 4.69) is 15.3 Å². The van der Waals surface area contributed by atoms with Crippen molar-refractivity contribution in [3.8, 4) is 0 Å². The topological polar surface area (TPSA) is 115 Å². The Hall–Kier alpha value is -2.49. The summed E-state index contributed by atoms with van der Waals surface area (Å²) in [4.78, 5) is 21.4. The largest absolute Gasteiger partial charge is 0.325 e. The second-order valence-corrected chi connectivity index (χ2v) is 8.80. The van der Waals surface area contributed by atoms with Gasteiger partial charge in [0.1, 0.15) is 10.9 Å². The Morgan fingerprint density at radius 3 is 2.44 bits per heavy atom. The van der Waals surface area contributed by atoms with Crippen molar-refractivity contribution < 1.29 is 13.2 Å². The lowest BCUT2D eigenvalue weighted by molar-refractivity contribution is -0.115. The van der Waals surface area contributed by atoms with Crippen LogP contribution in [0.25, 0.3) is 10.9 Å². The maximum Gasteiger partial charge on any atom is 0.238 e. The van der Waals surface area contributed by atoms with E-state index in [9.17, 15) is 13.2 Å². The molecule has 0 aliphatic heterocycles. The number of carbonyl (C=O) groups is 1. The fourth-order valence-corrected chi connectivity index (χ4v) is 3.94. The van der Waals surface area contributed by atoms with E-state index in [1.54, 1.807) is 6.92 Å². The number of benzene rings is 2. The predicted octanol–water partition coefficient (Wildman–Crippen LogP) is 2.70. The van der Waals surface area contributed by atoms with Gasteiger partial charge in [0.05, 0.1) is 15.7 Å². The van der Waals surface area contributed by atoms with E-state index in [0.717, 1.165) is 15.9 Å². The summed E-state index contributed by atoms with van der Waals surface area (Å²) in [7, 11) is -3.76. The molecule has 3 rings (SSSR count). The van der Waals surface area contributed by atoms with Crippen molar-refractivity contribution in [1.29, 1.82) is 0 Å². The van der Waals surface area contributed by atoms with Crippen LogP contribution >= 0.6 is 11.8 Å². The minimum Gasteiger partial charge on any atom is -0.325 e. The van der Waals surface area contributed by atoms with Gasteiger partial charge >= 0.3 is 0 Å². The predicted molar refractivity (Wildman–Crippen MR) is 106 cm³/mol. The average molecular weight is 403 g/mol.